The van der Waals surface area contributed by atoms with Crippen molar-refractivity contribution in [2.45, 2.75) is 13.0 Å². The molecule has 104 valence electrons. The maximum atomic E-state index is 12.1. The lowest BCUT2D eigenvalue weighted by atomic mass is 10.2. The minimum Gasteiger partial charge on any atom is -0.481 e. The van der Waals surface area contributed by atoms with Crippen LogP contribution in [0.4, 0.5) is 0 Å². The fraction of sp³-hybridized carbons (Fsp3) is 0.333. The molecule has 1 heterocycles. The van der Waals surface area contributed by atoms with Crippen molar-refractivity contribution in [3.8, 4) is 0 Å². The fourth-order valence-corrected chi connectivity index (χ4v) is 2.45. The number of benzene rings is 1. The molecule has 0 radical (unpaired) electrons. The van der Waals surface area contributed by atoms with Gasteiger partial charge in [0.05, 0.1) is 18.4 Å². The molecule has 5 heteroatoms. The topological polar surface area (TPSA) is 70.8 Å². The van der Waals surface area contributed by atoms with Crippen LogP contribution in [0.15, 0.2) is 34.7 Å². The zero-order valence-corrected chi connectivity index (χ0v) is 11.1. The van der Waals surface area contributed by atoms with Crippen LogP contribution in [0.25, 0.3) is 11.0 Å². The Balaban J connectivity index is 1.68. The number of amides is 1. The number of nitrogens with zero attached hydrogens (tertiary/aromatic N) is 1. The summed E-state index contributed by atoms with van der Waals surface area (Å²) in [6.45, 7) is 0.357. The Morgan fingerprint density at radius 1 is 1.35 bits per heavy atom. The maximum absolute atomic E-state index is 12.1. The first kappa shape index (κ1) is 12.7. The molecule has 1 aliphatic carbocycles. The highest BCUT2D eigenvalue weighted by atomic mass is 16.4. The Morgan fingerprint density at radius 3 is 2.75 bits per heavy atom. The van der Waals surface area contributed by atoms with Gasteiger partial charge in [0.1, 0.15) is 11.3 Å². The Morgan fingerprint density at radius 2 is 2.10 bits per heavy atom. The molecule has 3 rings (SSSR count). The third kappa shape index (κ3) is 2.27. The van der Waals surface area contributed by atoms with Gasteiger partial charge in [0, 0.05) is 12.4 Å². The van der Waals surface area contributed by atoms with Crippen LogP contribution in [0.3, 0.4) is 0 Å². The number of carbonyl (C=O) groups excluding carboxylic acids is 1. The summed E-state index contributed by atoms with van der Waals surface area (Å²) in [6, 6.07) is 9.55. The van der Waals surface area contributed by atoms with Crippen molar-refractivity contribution < 1.29 is 19.1 Å². The van der Waals surface area contributed by atoms with Gasteiger partial charge < -0.3 is 14.4 Å². The number of rotatable bonds is 4. The van der Waals surface area contributed by atoms with Gasteiger partial charge in [-0.2, -0.15) is 0 Å². The van der Waals surface area contributed by atoms with E-state index in [1.807, 2.05) is 30.3 Å². The Labute approximate surface area is 115 Å². The third-order valence-corrected chi connectivity index (χ3v) is 3.67. The Bertz CT molecular complexity index is 642. The van der Waals surface area contributed by atoms with Crippen molar-refractivity contribution in [2.75, 3.05) is 7.05 Å². The van der Waals surface area contributed by atoms with Crippen LogP contribution in [0.2, 0.25) is 0 Å². The van der Waals surface area contributed by atoms with Gasteiger partial charge in [0.25, 0.3) is 0 Å². The van der Waals surface area contributed by atoms with Crippen LogP contribution in [0.1, 0.15) is 12.2 Å². The molecule has 1 amide bonds. The number of para-hydroxylation sites is 1. The molecule has 1 saturated carbocycles. The Kier molecular flexibility index (Phi) is 2.97. The molecule has 20 heavy (non-hydrogen) atoms. The molecule has 1 aliphatic rings. The van der Waals surface area contributed by atoms with Gasteiger partial charge in [0.2, 0.25) is 5.91 Å². The average Bonchev–Trinajstić information content (AvgIpc) is 3.12. The van der Waals surface area contributed by atoms with E-state index in [1.165, 1.54) is 4.90 Å². The molecule has 0 unspecified atom stereocenters. The SMILES string of the molecule is CN(Cc1cc2ccccc2o1)C(=O)[C@@H]1C[C@@H]1C(=O)O. The molecule has 0 aliphatic heterocycles. The van der Waals surface area contributed by atoms with Gasteiger partial charge in [-0.05, 0) is 18.6 Å². The number of carbonyl (C=O) groups is 2. The standard InChI is InChI=1S/C15H15NO4/c1-16(14(17)11-7-12(11)15(18)19)8-10-6-9-4-2-3-5-13(9)20-10/h2-6,11-12H,7-8H2,1H3,(H,18,19)/t11-,12+/m1/s1. The van der Waals surface area contributed by atoms with Crippen molar-refractivity contribution in [1.82, 2.24) is 4.90 Å². The number of fused-ring (bicyclic) bond motifs is 1. The van der Waals surface area contributed by atoms with Gasteiger partial charge in [-0.15, -0.1) is 0 Å². The van der Waals surface area contributed by atoms with E-state index >= 15 is 0 Å². The van der Waals surface area contributed by atoms with Crippen LogP contribution in [-0.2, 0) is 16.1 Å². The van der Waals surface area contributed by atoms with E-state index in [0.29, 0.717) is 18.7 Å². The van der Waals surface area contributed by atoms with E-state index in [2.05, 4.69) is 0 Å². The number of hydrogen-bond acceptors (Lipinski definition) is 3. The lowest BCUT2D eigenvalue weighted by Crippen LogP contribution is -2.28. The normalized spacial score (nSPS) is 20.9. The van der Waals surface area contributed by atoms with E-state index in [1.54, 1.807) is 7.05 Å². The first-order valence-electron chi connectivity index (χ1n) is 6.51. The summed E-state index contributed by atoms with van der Waals surface area (Å²) in [5.41, 5.74) is 0.790. The summed E-state index contributed by atoms with van der Waals surface area (Å²) in [6.07, 6.45) is 0.443. The zero-order valence-electron chi connectivity index (χ0n) is 11.1. The predicted molar refractivity (Wildman–Crippen MR) is 71.9 cm³/mol. The van der Waals surface area contributed by atoms with Crippen LogP contribution >= 0.6 is 0 Å². The van der Waals surface area contributed by atoms with E-state index < -0.39 is 11.9 Å². The van der Waals surface area contributed by atoms with Crippen molar-refractivity contribution in [3.63, 3.8) is 0 Å². The lowest BCUT2D eigenvalue weighted by molar-refractivity contribution is -0.141. The number of carboxylic acid groups (broad SMARTS) is 1. The molecule has 1 fully saturated rings. The molecule has 0 bridgehead atoms. The molecule has 2 aromatic rings. The highest BCUT2D eigenvalue weighted by molar-refractivity contribution is 5.89. The summed E-state index contributed by atoms with van der Waals surface area (Å²) in [7, 11) is 1.67. The van der Waals surface area contributed by atoms with Crippen LogP contribution in [0.5, 0.6) is 0 Å². The quantitative estimate of drug-likeness (QED) is 0.926. The van der Waals surface area contributed by atoms with Crippen molar-refractivity contribution in [2.24, 2.45) is 11.8 Å². The molecular weight excluding hydrogens is 258 g/mol. The summed E-state index contributed by atoms with van der Waals surface area (Å²) in [4.78, 5) is 24.4. The smallest absolute Gasteiger partial charge is 0.307 e. The summed E-state index contributed by atoms with van der Waals surface area (Å²) in [5, 5.41) is 9.85. The molecule has 2 atom stereocenters. The second kappa shape index (κ2) is 4.67. The van der Waals surface area contributed by atoms with Crippen LogP contribution in [-0.4, -0.2) is 28.9 Å². The van der Waals surface area contributed by atoms with Crippen molar-refractivity contribution in [3.05, 3.63) is 36.1 Å². The van der Waals surface area contributed by atoms with E-state index in [4.69, 9.17) is 9.52 Å². The number of carboxylic acids is 1. The molecule has 1 aromatic heterocycles. The number of furan rings is 1. The first-order chi connectivity index (χ1) is 9.56. The van der Waals surface area contributed by atoms with Crippen molar-refractivity contribution in [1.29, 1.82) is 0 Å². The third-order valence-electron chi connectivity index (χ3n) is 3.67. The maximum Gasteiger partial charge on any atom is 0.307 e. The molecule has 1 aromatic carbocycles. The second-order valence-corrected chi connectivity index (χ2v) is 5.23. The minimum atomic E-state index is -0.888. The van der Waals surface area contributed by atoms with Crippen LogP contribution in [0, 0.1) is 11.8 Å². The molecule has 0 saturated heterocycles. The monoisotopic (exact) mass is 273 g/mol. The zero-order chi connectivity index (χ0) is 14.3. The highest BCUT2D eigenvalue weighted by Crippen LogP contribution is 2.40. The number of aliphatic carboxylic acids is 1. The van der Waals surface area contributed by atoms with Crippen LogP contribution < -0.4 is 0 Å². The molecular formula is C15H15NO4. The van der Waals surface area contributed by atoms with E-state index in [0.717, 1.165) is 11.0 Å². The predicted octanol–water partition coefficient (Wildman–Crippen LogP) is 2.11. The molecule has 1 N–H and O–H groups in total. The number of hydrogen-bond donors (Lipinski definition) is 1. The van der Waals surface area contributed by atoms with Gasteiger partial charge >= 0.3 is 5.97 Å². The van der Waals surface area contributed by atoms with Crippen molar-refractivity contribution >= 4 is 22.8 Å². The average molecular weight is 273 g/mol. The van der Waals surface area contributed by atoms with E-state index in [-0.39, 0.29) is 11.8 Å². The first-order valence-corrected chi connectivity index (χ1v) is 6.51. The molecule has 0 spiro atoms. The molecule has 5 nitrogen and oxygen atoms in total. The van der Waals surface area contributed by atoms with Gasteiger partial charge in [-0.3, -0.25) is 9.59 Å². The van der Waals surface area contributed by atoms with Gasteiger partial charge in [0.15, 0.2) is 0 Å². The van der Waals surface area contributed by atoms with Gasteiger partial charge in [-0.1, -0.05) is 18.2 Å². The fourth-order valence-electron chi connectivity index (χ4n) is 2.45. The highest BCUT2D eigenvalue weighted by Gasteiger charge is 2.49. The largest absolute Gasteiger partial charge is 0.481 e. The Hall–Kier alpha value is -2.30. The second-order valence-electron chi connectivity index (χ2n) is 5.23. The van der Waals surface area contributed by atoms with Gasteiger partial charge in [-0.25, -0.2) is 0 Å². The lowest BCUT2D eigenvalue weighted by Gasteiger charge is -2.15. The summed E-state index contributed by atoms with van der Waals surface area (Å²) < 4.78 is 5.65. The summed E-state index contributed by atoms with van der Waals surface area (Å²) >= 11 is 0. The summed E-state index contributed by atoms with van der Waals surface area (Å²) in [5.74, 6) is -1.20. The van der Waals surface area contributed by atoms with E-state index in [9.17, 15) is 9.59 Å². The minimum absolute atomic E-state index is 0.127.